The molecule has 2 rings (SSSR count). The lowest BCUT2D eigenvalue weighted by Gasteiger charge is -2.19. The Hall–Kier alpha value is -1.59. The molecule has 22 heavy (non-hydrogen) atoms. The highest BCUT2D eigenvalue weighted by molar-refractivity contribution is 7.09. The number of hydrogen-bond donors (Lipinski definition) is 1. The van der Waals surface area contributed by atoms with E-state index < -0.39 is 0 Å². The van der Waals surface area contributed by atoms with Crippen molar-refractivity contribution in [2.24, 2.45) is 0 Å². The standard InChI is InChI=1S/C17H24N2O2S/c1-4-6-10-19(5-2)12-15-16(18-17(20)22-15)13-8-7-9-14(11-13)21-3/h7-9,11H,4-6,10,12H2,1-3H3,(H,18,20). The van der Waals surface area contributed by atoms with E-state index in [0.717, 1.165) is 41.5 Å². The normalized spacial score (nSPS) is 11.1. The first-order valence-corrected chi connectivity index (χ1v) is 8.58. The van der Waals surface area contributed by atoms with Crippen LogP contribution in [0.25, 0.3) is 11.3 Å². The third-order valence-corrected chi connectivity index (χ3v) is 4.59. The molecule has 1 aromatic carbocycles. The first-order chi connectivity index (χ1) is 10.7. The second kappa shape index (κ2) is 8.15. The summed E-state index contributed by atoms with van der Waals surface area (Å²) in [6.07, 6.45) is 2.37. The van der Waals surface area contributed by atoms with E-state index in [1.54, 1.807) is 7.11 Å². The maximum Gasteiger partial charge on any atom is 0.305 e. The van der Waals surface area contributed by atoms with Gasteiger partial charge in [0, 0.05) is 17.0 Å². The molecule has 0 radical (unpaired) electrons. The summed E-state index contributed by atoms with van der Waals surface area (Å²) in [7, 11) is 1.65. The molecule has 0 aliphatic heterocycles. The smallest absolute Gasteiger partial charge is 0.305 e. The third kappa shape index (κ3) is 4.21. The number of aromatic nitrogens is 1. The van der Waals surface area contributed by atoms with Crippen LogP contribution in [-0.4, -0.2) is 30.1 Å². The Morgan fingerprint density at radius 3 is 2.82 bits per heavy atom. The van der Waals surface area contributed by atoms with E-state index in [1.165, 1.54) is 24.2 Å². The van der Waals surface area contributed by atoms with Gasteiger partial charge in [-0.1, -0.05) is 43.7 Å². The number of methoxy groups -OCH3 is 1. The van der Waals surface area contributed by atoms with E-state index in [0.29, 0.717) is 0 Å². The molecule has 1 heterocycles. The molecule has 0 atom stereocenters. The topological polar surface area (TPSA) is 45.3 Å². The predicted molar refractivity (Wildman–Crippen MR) is 92.8 cm³/mol. The summed E-state index contributed by atoms with van der Waals surface area (Å²) in [6.45, 7) is 7.23. The minimum absolute atomic E-state index is 0.000588. The summed E-state index contributed by atoms with van der Waals surface area (Å²) in [5.74, 6) is 0.800. The Kier molecular flexibility index (Phi) is 6.21. The van der Waals surface area contributed by atoms with Crippen molar-refractivity contribution in [3.05, 3.63) is 38.8 Å². The molecule has 0 saturated heterocycles. The molecule has 120 valence electrons. The Morgan fingerprint density at radius 2 is 2.14 bits per heavy atom. The summed E-state index contributed by atoms with van der Waals surface area (Å²) in [4.78, 5) is 18.3. The zero-order valence-corrected chi connectivity index (χ0v) is 14.3. The van der Waals surface area contributed by atoms with Crippen molar-refractivity contribution in [3.8, 4) is 17.0 Å². The van der Waals surface area contributed by atoms with Gasteiger partial charge in [0.15, 0.2) is 0 Å². The summed E-state index contributed by atoms with van der Waals surface area (Å²) in [5, 5.41) is 0. The van der Waals surface area contributed by atoms with Crippen molar-refractivity contribution in [2.75, 3.05) is 20.2 Å². The fraction of sp³-hybridized carbons (Fsp3) is 0.471. The van der Waals surface area contributed by atoms with Gasteiger partial charge in [0.25, 0.3) is 0 Å². The average Bonchev–Trinajstić information content (AvgIpc) is 2.92. The Balaban J connectivity index is 2.27. The van der Waals surface area contributed by atoms with Gasteiger partial charge in [0.05, 0.1) is 12.8 Å². The van der Waals surface area contributed by atoms with E-state index in [-0.39, 0.29) is 4.87 Å². The first-order valence-electron chi connectivity index (χ1n) is 7.76. The molecule has 2 aromatic rings. The van der Waals surface area contributed by atoms with Gasteiger partial charge in [-0.2, -0.15) is 0 Å². The lowest BCUT2D eigenvalue weighted by atomic mass is 10.1. The minimum Gasteiger partial charge on any atom is -0.497 e. The quantitative estimate of drug-likeness (QED) is 0.806. The van der Waals surface area contributed by atoms with Crippen LogP contribution >= 0.6 is 11.3 Å². The molecule has 1 aromatic heterocycles. The molecule has 0 amide bonds. The van der Waals surface area contributed by atoms with Crippen LogP contribution in [0.1, 0.15) is 31.6 Å². The second-order valence-corrected chi connectivity index (χ2v) is 6.33. The largest absolute Gasteiger partial charge is 0.497 e. The summed E-state index contributed by atoms with van der Waals surface area (Å²) < 4.78 is 5.28. The van der Waals surface area contributed by atoms with Crippen LogP contribution < -0.4 is 9.61 Å². The van der Waals surface area contributed by atoms with Gasteiger partial charge in [-0.15, -0.1) is 0 Å². The zero-order valence-electron chi connectivity index (χ0n) is 13.5. The van der Waals surface area contributed by atoms with Crippen molar-refractivity contribution < 1.29 is 4.74 Å². The van der Waals surface area contributed by atoms with Gasteiger partial charge in [-0.05, 0) is 31.6 Å². The second-order valence-electron chi connectivity index (χ2n) is 5.27. The number of aromatic amines is 1. The molecule has 0 saturated carbocycles. The highest BCUT2D eigenvalue weighted by Crippen LogP contribution is 2.27. The molecule has 1 N–H and O–H groups in total. The Labute approximate surface area is 135 Å². The Morgan fingerprint density at radius 1 is 1.32 bits per heavy atom. The van der Waals surface area contributed by atoms with Crippen molar-refractivity contribution in [2.45, 2.75) is 33.2 Å². The fourth-order valence-corrected chi connectivity index (χ4v) is 3.31. The van der Waals surface area contributed by atoms with Gasteiger partial charge in [0.2, 0.25) is 0 Å². The van der Waals surface area contributed by atoms with Crippen LogP contribution in [0.15, 0.2) is 29.1 Å². The average molecular weight is 320 g/mol. The first kappa shape index (κ1) is 16.8. The fourth-order valence-electron chi connectivity index (χ4n) is 2.42. The summed E-state index contributed by atoms with van der Waals surface area (Å²) in [6, 6.07) is 7.83. The molecule has 0 aliphatic rings. The maximum absolute atomic E-state index is 11.8. The number of nitrogens with one attached hydrogen (secondary N) is 1. The van der Waals surface area contributed by atoms with E-state index in [9.17, 15) is 4.79 Å². The van der Waals surface area contributed by atoms with Crippen molar-refractivity contribution in [1.29, 1.82) is 0 Å². The monoisotopic (exact) mass is 320 g/mol. The molecule has 0 unspecified atom stereocenters. The van der Waals surface area contributed by atoms with Gasteiger partial charge >= 0.3 is 4.87 Å². The van der Waals surface area contributed by atoms with Gasteiger partial charge in [-0.3, -0.25) is 9.69 Å². The highest BCUT2D eigenvalue weighted by Gasteiger charge is 2.14. The molecular formula is C17H24N2O2S. The molecular weight excluding hydrogens is 296 g/mol. The highest BCUT2D eigenvalue weighted by atomic mass is 32.1. The van der Waals surface area contributed by atoms with Gasteiger partial charge in [0.1, 0.15) is 5.75 Å². The molecule has 0 fully saturated rings. The summed E-state index contributed by atoms with van der Waals surface area (Å²) in [5.41, 5.74) is 1.92. The molecule has 5 heteroatoms. The van der Waals surface area contributed by atoms with Crippen molar-refractivity contribution >= 4 is 11.3 Å². The lowest BCUT2D eigenvalue weighted by molar-refractivity contribution is 0.278. The van der Waals surface area contributed by atoms with Crippen LogP contribution in [0.3, 0.4) is 0 Å². The van der Waals surface area contributed by atoms with E-state index in [2.05, 4.69) is 23.7 Å². The lowest BCUT2D eigenvalue weighted by Crippen LogP contribution is -2.23. The number of hydrogen-bond acceptors (Lipinski definition) is 4. The van der Waals surface area contributed by atoms with E-state index >= 15 is 0 Å². The maximum atomic E-state index is 11.8. The summed E-state index contributed by atoms with van der Waals surface area (Å²) >= 11 is 1.31. The number of thiazole rings is 1. The Bertz CT molecular complexity index is 648. The molecule has 0 spiro atoms. The van der Waals surface area contributed by atoms with Gasteiger partial charge < -0.3 is 9.72 Å². The third-order valence-electron chi connectivity index (χ3n) is 3.72. The zero-order chi connectivity index (χ0) is 15.9. The van der Waals surface area contributed by atoms with Crippen molar-refractivity contribution in [1.82, 2.24) is 9.88 Å². The van der Waals surface area contributed by atoms with Crippen LogP contribution in [0.5, 0.6) is 5.75 Å². The molecule has 0 bridgehead atoms. The molecule has 4 nitrogen and oxygen atoms in total. The number of benzene rings is 1. The minimum atomic E-state index is -0.000588. The van der Waals surface area contributed by atoms with Crippen LogP contribution in [0.4, 0.5) is 0 Å². The predicted octanol–water partition coefficient (Wildman–Crippen LogP) is 3.73. The van der Waals surface area contributed by atoms with Crippen LogP contribution in [0.2, 0.25) is 0 Å². The number of rotatable bonds is 8. The number of H-pyrrole nitrogens is 1. The number of unbranched alkanes of at least 4 members (excludes halogenated alkanes) is 1. The molecule has 0 aliphatic carbocycles. The van der Waals surface area contributed by atoms with E-state index in [4.69, 9.17) is 4.74 Å². The SMILES string of the molecule is CCCCN(CC)Cc1sc(=O)[nH]c1-c1cccc(OC)c1. The van der Waals surface area contributed by atoms with Crippen LogP contribution in [-0.2, 0) is 6.54 Å². The van der Waals surface area contributed by atoms with Crippen molar-refractivity contribution in [3.63, 3.8) is 0 Å². The number of ether oxygens (including phenoxy) is 1. The van der Waals surface area contributed by atoms with Gasteiger partial charge in [-0.25, -0.2) is 0 Å². The number of nitrogens with zero attached hydrogens (tertiary/aromatic N) is 1. The van der Waals surface area contributed by atoms with Crippen LogP contribution in [0, 0.1) is 0 Å². The van der Waals surface area contributed by atoms with E-state index in [1.807, 2.05) is 24.3 Å².